The molecular weight excluding hydrogens is 593 g/mol. The van der Waals surface area contributed by atoms with Crippen molar-refractivity contribution in [3.8, 4) is 0 Å². The van der Waals surface area contributed by atoms with Crippen LogP contribution < -0.4 is 9.80 Å². The van der Waals surface area contributed by atoms with Gasteiger partial charge in [-0.05, 0) is 48.2 Å². The Morgan fingerprint density at radius 2 is 0.841 bits per heavy atom. The van der Waals surface area contributed by atoms with E-state index in [1.54, 1.807) is 36.4 Å². The van der Waals surface area contributed by atoms with Crippen LogP contribution in [0.5, 0.6) is 0 Å². The van der Waals surface area contributed by atoms with Crippen molar-refractivity contribution in [2.45, 2.75) is 36.5 Å². The summed E-state index contributed by atoms with van der Waals surface area (Å²) in [4.78, 5) is 4.80. The topological polar surface area (TPSA) is 81.2 Å². The lowest BCUT2D eigenvalue weighted by atomic mass is 10.1. The number of para-hydroxylation sites is 2. The Morgan fingerprint density at radius 1 is 0.477 bits per heavy atom. The maximum absolute atomic E-state index is 14.0. The van der Waals surface area contributed by atoms with Gasteiger partial charge in [-0.25, -0.2) is 16.8 Å². The molecule has 4 aromatic rings. The van der Waals surface area contributed by atoms with Gasteiger partial charge in [-0.1, -0.05) is 74.5 Å². The molecule has 0 atom stereocenters. The third kappa shape index (κ3) is 5.60. The van der Waals surface area contributed by atoms with Crippen molar-refractivity contribution in [1.82, 2.24) is 8.61 Å². The fraction of sp³-hybridized carbons (Fsp3) is 0.353. The Hall–Kier alpha value is -3.44. The summed E-state index contributed by atoms with van der Waals surface area (Å²) in [6, 6.07) is 26.5. The molecule has 2 fully saturated rings. The van der Waals surface area contributed by atoms with Crippen LogP contribution in [0.25, 0.3) is 10.8 Å². The first kappa shape index (κ1) is 30.6. The zero-order valence-corrected chi connectivity index (χ0v) is 27.0. The number of piperazine rings is 2. The summed E-state index contributed by atoms with van der Waals surface area (Å²) in [5.41, 5.74) is 4.81. The second kappa shape index (κ2) is 12.5. The quantitative estimate of drug-likeness (QED) is 0.273. The number of hydrogen-bond acceptors (Lipinski definition) is 6. The Labute approximate surface area is 261 Å². The predicted octanol–water partition coefficient (Wildman–Crippen LogP) is 4.99. The highest BCUT2D eigenvalue weighted by Gasteiger charge is 2.33. The van der Waals surface area contributed by atoms with Gasteiger partial charge in [0, 0.05) is 74.5 Å². The lowest BCUT2D eigenvalue weighted by Crippen LogP contribution is -2.49. The Kier molecular flexibility index (Phi) is 8.70. The van der Waals surface area contributed by atoms with E-state index in [-0.39, 0.29) is 9.79 Å². The predicted molar refractivity (Wildman–Crippen MR) is 178 cm³/mol. The number of fused-ring (bicyclic) bond motifs is 1. The number of anilines is 2. The molecule has 0 bridgehead atoms. The number of rotatable bonds is 8. The highest BCUT2D eigenvalue weighted by atomic mass is 32.2. The molecule has 0 amide bonds. The lowest BCUT2D eigenvalue weighted by Gasteiger charge is -2.37. The first-order valence-electron chi connectivity index (χ1n) is 15.4. The Balaban J connectivity index is 1.23. The number of nitrogens with zero attached hydrogens (tertiary/aromatic N) is 4. The van der Waals surface area contributed by atoms with Gasteiger partial charge < -0.3 is 9.80 Å². The van der Waals surface area contributed by atoms with E-state index >= 15 is 0 Å². The van der Waals surface area contributed by atoms with Crippen LogP contribution >= 0.6 is 0 Å². The first-order chi connectivity index (χ1) is 21.3. The summed E-state index contributed by atoms with van der Waals surface area (Å²) in [6.07, 6.45) is 1.83. The summed E-state index contributed by atoms with van der Waals surface area (Å²) in [7, 11) is -7.70. The zero-order chi connectivity index (χ0) is 30.9. The van der Waals surface area contributed by atoms with Gasteiger partial charge in [0.1, 0.15) is 0 Å². The molecule has 10 heteroatoms. The molecule has 0 aliphatic carbocycles. The third-order valence-electron chi connectivity index (χ3n) is 8.98. The maximum Gasteiger partial charge on any atom is 0.243 e. The second-order valence-electron chi connectivity index (χ2n) is 11.4. The molecule has 2 aliphatic rings. The SMILES string of the molecule is CCc1ccccc1N1CCN(S(=O)(=O)c2cccc3c(S(=O)(=O)N4CCN(c5ccccc5CC)CC4)cccc23)CC1. The van der Waals surface area contributed by atoms with Crippen LogP contribution in [0.15, 0.2) is 94.7 Å². The molecule has 0 radical (unpaired) electrons. The Bertz CT molecular complexity index is 1720. The highest BCUT2D eigenvalue weighted by Crippen LogP contribution is 2.33. The molecule has 0 N–H and O–H groups in total. The third-order valence-corrected chi connectivity index (χ3v) is 12.9. The molecule has 0 saturated carbocycles. The fourth-order valence-electron chi connectivity index (χ4n) is 6.56. The molecule has 0 unspecified atom stereocenters. The fourth-order valence-corrected chi connectivity index (χ4v) is 9.81. The minimum absolute atomic E-state index is 0.149. The van der Waals surface area contributed by atoms with Crippen molar-refractivity contribution >= 4 is 42.2 Å². The molecule has 6 rings (SSSR count). The van der Waals surface area contributed by atoms with E-state index in [0.29, 0.717) is 63.1 Å². The molecule has 0 spiro atoms. The summed E-state index contributed by atoms with van der Waals surface area (Å²) < 4.78 is 59.0. The van der Waals surface area contributed by atoms with Crippen molar-refractivity contribution in [3.05, 3.63) is 96.1 Å². The Morgan fingerprint density at radius 3 is 1.20 bits per heavy atom. The van der Waals surface area contributed by atoms with Gasteiger partial charge >= 0.3 is 0 Å². The van der Waals surface area contributed by atoms with E-state index < -0.39 is 20.0 Å². The minimum atomic E-state index is -3.85. The van der Waals surface area contributed by atoms with E-state index in [2.05, 4.69) is 47.9 Å². The number of sulfonamides is 2. The van der Waals surface area contributed by atoms with E-state index in [0.717, 1.165) is 24.2 Å². The van der Waals surface area contributed by atoms with Gasteiger partial charge in [0.2, 0.25) is 20.0 Å². The van der Waals surface area contributed by atoms with E-state index in [4.69, 9.17) is 0 Å². The van der Waals surface area contributed by atoms with Crippen LogP contribution in [0, 0.1) is 0 Å². The van der Waals surface area contributed by atoms with Crippen LogP contribution in [-0.4, -0.2) is 77.8 Å². The number of aryl methyl sites for hydroxylation is 2. The van der Waals surface area contributed by atoms with E-state index in [1.165, 1.54) is 19.7 Å². The van der Waals surface area contributed by atoms with Crippen molar-refractivity contribution in [3.63, 3.8) is 0 Å². The van der Waals surface area contributed by atoms with Gasteiger partial charge in [0.25, 0.3) is 0 Å². The molecule has 2 aliphatic heterocycles. The van der Waals surface area contributed by atoms with Gasteiger partial charge in [-0.3, -0.25) is 0 Å². The molecule has 4 aromatic carbocycles. The second-order valence-corrected chi connectivity index (χ2v) is 15.2. The number of hydrogen-bond donors (Lipinski definition) is 0. The molecule has 232 valence electrons. The summed E-state index contributed by atoms with van der Waals surface area (Å²) in [6.45, 7) is 8.07. The van der Waals surface area contributed by atoms with E-state index in [9.17, 15) is 16.8 Å². The molecular formula is C34H40N4O4S2. The normalized spacial score (nSPS) is 17.3. The lowest BCUT2D eigenvalue weighted by molar-refractivity contribution is 0.384. The standard InChI is InChI=1S/C34H40N4O4S2/c1-3-27-11-5-7-15-31(27)35-19-23-37(24-20-35)43(39,40)33-17-9-14-30-29(33)13-10-18-34(30)44(41,42)38-25-21-36(22-26-38)32-16-8-6-12-28(32)4-2/h5-18H,3-4,19-26H2,1-2H3. The average molecular weight is 633 g/mol. The summed E-state index contributed by atoms with van der Waals surface area (Å²) in [5.74, 6) is 0. The van der Waals surface area contributed by atoms with Crippen LogP contribution in [0.1, 0.15) is 25.0 Å². The number of benzene rings is 4. The van der Waals surface area contributed by atoms with Crippen molar-refractivity contribution in [1.29, 1.82) is 0 Å². The average Bonchev–Trinajstić information content (AvgIpc) is 3.07. The van der Waals surface area contributed by atoms with Gasteiger partial charge in [-0.2, -0.15) is 8.61 Å². The van der Waals surface area contributed by atoms with E-state index in [1.807, 2.05) is 24.3 Å². The van der Waals surface area contributed by atoms with Crippen molar-refractivity contribution < 1.29 is 16.8 Å². The zero-order valence-electron chi connectivity index (χ0n) is 25.4. The monoisotopic (exact) mass is 632 g/mol. The summed E-state index contributed by atoms with van der Waals surface area (Å²) in [5, 5.41) is 0.866. The van der Waals surface area contributed by atoms with Crippen LogP contribution in [0.3, 0.4) is 0 Å². The van der Waals surface area contributed by atoms with Crippen molar-refractivity contribution in [2.75, 3.05) is 62.2 Å². The van der Waals surface area contributed by atoms with Crippen molar-refractivity contribution in [2.24, 2.45) is 0 Å². The first-order valence-corrected chi connectivity index (χ1v) is 18.3. The molecule has 0 aromatic heterocycles. The van der Waals surface area contributed by atoms with Crippen LogP contribution in [0.2, 0.25) is 0 Å². The molecule has 2 heterocycles. The molecule has 44 heavy (non-hydrogen) atoms. The van der Waals surface area contributed by atoms with Crippen LogP contribution in [-0.2, 0) is 32.9 Å². The largest absolute Gasteiger partial charge is 0.369 e. The van der Waals surface area contributed by atoms with Crippen LogP contribution in [0.4, 0.5) is 11.4 Å². The highest BCUT2D eigenvalue weighted by molar-refractivity contribution is 7.89. The minimum Gasteiger partial charge on any atom is -0.369 e. The maximum atomic E-state index is 14.0. The van der Waals surface area contributed by atoms with Gasteiger partial charge in [0.15, 0.2) is 0 Å². The van der Waals surface area contributed by atoms with Gasteiger partial charge in [-0.15, -0.1) is 0 Å². The smallest absolute Gasteiger partial charge is 0.243 e. The van der Waals surface area contributed by atoms with Gasteiger partial charge in [0.05, 0.1) is 9.79 Å². The summed E-state index contributed by atoms with van der Waals surface area (Å²) >= 11 is 0. The molecule has 2 saturated heterocycles. The molecule has 8 nitrogen and oxygen atoms in total.